The number of carbonyl (C=O) groups excluding carboxylic acids is 2. The number of carbonyl (C=O) groups is 2. The Morgan fingerprint density at radius 1 is 1.37 bits per heavy atom. The minimum atomic E-state index is -0.866. The molecule has 0 aromatic heterocycles. The number of esters is 2. The van der Waals surface area contributed by atoms with Crippen molar-refractivity contribution in [3.05, 3.63) is 29.8 Å². The molecule has 0 bridgehead atoms. The molecule has 0 amide bonds. The highest BCUT2D eigenvalue weighted by molar-refractivity contribution is 5.98. The first-order chi connectivity index (χ1) is 9.06. The van der Waals surface area contributed by atoms with Crippen molar-refractivity contribution in [1.29, 1.82) is 0 Å². The lowest BCUT2D eigenvalue weighted by atomic mass is 9.76. The summed E-state index contributed by atoms with van der Waals surface area (Å²) in [4.78, 5) is 24.1. The summed E-state index contributed by atoms with van der Waals surface area (Å²) in [5.41, 5.74) is 0.898. The van der Waals surface area contributed by atoms with E-state index < -0.39 is 17.9 Å². The minimum absolute atomic E-state index is 0.142. The Balaban J connectivity index is 2.44. The average molecular weight is 262 g/mol. The molecule has 102 valence electrons. The summed E-state index contributed by atoms with van der Waals surface area (Å²) in [6.07, 6.45) is 0. The van der Waals surface area contributed by atoms with Gasteiger partial charge in [-0.1, -0.05) is 32.0 Å². The summed E-state index contributed by atoms with van der Waals surface area (Å²) in [5.74, 6) is -1.39. The molecule has 1 aliphatic heterocycles. The summed E-state index contributed by atoms with van der Waals surface area (Å²) in [7, 11) is 0. The zero-order valence-electron chi connectivity index (χ0n) is 11.4. The Bertz CT molecular complexity index is 493. The molecule has 1 aliphatic rings. The molecule has 4 nitrogen and oxygen atoms in total. The molecule has 0 saturated carbocycles. The largest absolute Gasteiger partial charge is 0.465 e. The summed E-state index contributed by atoms with van der Waals surface area (Å²) in [5, 5.41) is 0. The van der Waals surface area contributed by atoms with Gasteiger partial charge in [-0.25, -0.2) is 0 Å². The van der Waals surface area contributed by atoms with E-state index in [9.17, 15) is 9.59 Å². The maximum absolute atomic E-state index is 12.1. The molecule has 2 rings (SSSR count). The minimum Gasteiger partial charge on any atom is -0.465 e. The molecule has 0 aliphatic carbocycles. The van der Waals surface area contributed by atoms with Gasteiger partial charge in [0.05, 0.1) is 6.61 Å². The molecule has 0 spiro atoms. The lowest BCUT2D eigenvalue weighted by Crippen LogP contribution is -2.40. The van der Waals surface area contributed by atoms with Crippen molar-refractivity contribution in [2.45, 2.75) is 26.7 Å². The summed E-state index contributed by atoms with van der Waals surface area (Å²) in [6, 6.07) is 7.35. The number of hydrogen-bond acceptors (Lipinski definition) is 4. The van der Waals surface area contributed by atoms with E-state index in [1.54, 1.807) is 13.0 Å². The topological polar surface area (TPSA) is 52.6 Å². The van der Waals surface area contributed by atoms with Crippen molar-refractivity contribution in [2.24, 2.45) is 11.8 Å². The van der Waals surface area contributed by atoms with Gasteiger partial charge in [0.15, 0.2) is 5.92 Å². The molecule has 0 radical (unpaired) electrons. The first-order valence-corrected chi connectivity index (χ1v) is 6.53. The average Bonchev–Trinajstić information content (AvgIpc) is 2.37. The van der Waals surface area contributed by atoms with Crippen molar-refractivity contribution >= 4 is 11.9 Å². The molecule has 0 fully saturated rings. The van der Waals surface area contributed by atoms with Crippen LogP contribution in [0.2, 0.25) is 0 Å². The van der Waals surface area contributed by atoms with Gasteiger partial charge in [-0.05, 0) is 24.5 Å². The fourth-order valence-corrected chi connectivity index (χ4v) is 2.57. The van der Waals surface area contributed by atoms with E-state index in [0.717, 1.165) is 5.56 Å². The molecular weight excluding hydrogens is 244 g/mol. The number of fused-ring (bicyclic) bond motifs is 1. The van der Waals surface area contributed by atoms with Crippen LogP contribution in [0.15, 0.2) is 24.3 Å². The van der Waals surface area contributed by atoms with Crippen LogP contribution in [0.3, 0.4) is 0 Å². The molecule has 0 saturated heterocycles. The lowest BCUT2D eigenvalue weighted by Gasteiger charge is -2.32. The van der Waals surface area contributed by atoms with Crippen LogP contribution >= 0.6 is 0 Å². The van der Waals surface area contributed by atoms with Gasteiger partial charge in [-0.3, -0.25) is 9.59 Å². The molecule has 2 unspecified atom stereocenters. The van der Waals surface area contributed by atoms with Crippen LogP contribution in [0.5, 0.6) is 5.75 Å². The number of ether oxygens (including phenoxy) is 2. The second kappa shape index (κ2) is 5.43. The van der Waals surface area contributed by atoms with Crippen LogP contribution in [0.4, 0.5) is 0 Å². The Kier molecular flexibility index (Phi) is 3.88. The fraction of sp³-hybridized carbons (Fsp3) is 0.467. The van der Waals surface area contributed by atoms with Crippen molar-refractivity contribution < 1.29 is 19.1 Å². The highest BCUT2D eigenvalue weighted by atomic mass is 16.6. The quantitative estimate of drug-likeness (QED) is 0.477. The van der Waals surface area contributed by atoms with E-state index in [1.165, 1.54) is 0 Å². The number of rotatable bonds is 3. The van der Waals surface area contributed by atoms with Crippen LogP contribution in [0.1, 0.15) is 32.3 Å². The number of benzene rings is 1. The second-order valence-electron chi connectivity index (χ2n) is 4.96. The molecular formula is C15H18O4. The molecule has 2 atom stereocenters. The second-order valence-corrected chi connectivity index (χ2v) is 4.96. The van der Waals surface area contributed by atoms with Crippen LogP contribution in [0.25, 0.3) is 0 Å². The third kappa shape index (κ3) is 2.48. The lowest BCUT2D eigenvalue weighted by molar-refractivity contribution is -0.160. The third-order valence-corrected chi connectivity index (χ3v) is 3.36. The van der Waals surface area contributed by atoms with Gasteiger partial charge in [0, 0.05) is 5.92 Å². The highest BCUT2D eigenvalue weighted by Crippen LogP contribution is 2.42. The highest BCUT2D eigenvalue weighted by Gasteiger charge is 2.44. The molecule has 0 N–H and O–H groups in total. The van der Waals surface area contributed by atoms with E-state index in [4.69, 9.17) is 9.47 Å². The fourth-order valence-electron chi connectivity index (χ4n) is 2.57. The van der Waals surface area contributed by atoms with Crippen molar-refractivity contribution in [2.75, 3.05) is 6.61 Å². The maximum atomic E-state index is 12.1. The Morgan fingerprint density at radius 2 is 2.05 bits per heavy atom. The van der Waals surface area contributed by atoms with E-state index in [0.29, 0.717) is 5.75 Å². The van der Waals surface area contributed by atoms with Gasteiger partial charge in [0.1, 0.15) is 5.75 Å². The van der Waals surface area contributed by atoms with E-state index >= 15 is 0 Å². The van der Waals surface area contributed by atoms with Crippen LogP contribution < -0.4 is 4.74 Å². The smallest absolute Gasteiger partial charge is 0.326 e. The standard InChI is InChI=1S/C15H18O4/c1-4-18-14(16)13-12(9(2)3)10-7-5-6-8-11(10)19-15(13)17/h5-9,12-13H,4H2,1-3H3. The summed E-state index contributed by atoms with van der Waals surface area (Å²) in [6.45, 7) is 5.97. The van der Waals surface area contributed by atoms with Crippen LogP contribution in [-0.4, -0.2) is 18.5 Å². The number of hydrogen-bond donors (Lipinski definition) is 0. The van der Waals surface area contributed by atoms with Gasteiger partial charge in [-0.15, -0.1) is 0 Å². The van der Waals surface area contributed by atoms with Crippen LogP contribution in [-0.2, 0) is 14.3 Å². The van der Waals surface area contributed by atoms with Crippen molar-refractivity contribution in [3.8, 4) is 5.75 Å². The molecule has 1 aromatic rings. The molecule has 1 aromatic carbocycles. The molecule has 4 heteroatoms. The van der Waals surface area contributed by atoms with Crippen molar-refractivity contribution in [3.63, 3.8) is 0 Å². The maximum Gasteiger partial charge on any atom is 0.326 e. The van der Waals surface area contributed by atoms with Gasteiger partial charge in [0.25, 0.3) is 0 Å². The van der Waals surface area contributed by atoms with E-state index in [-0.39, 0.29) is 18.4 Å². The third-order valence-electron chi connectivity index (χ3n) is 3.36. The molecule has 1 heterocycles. The van der Waals surface area contributed by atoms with Crippen LogP contribution in [0, 0.1) is 11.8 Å². The van der Waals surface area contributed by atoms with E-state index in [1.807, 2.05) is 32.0 Å². The Morgan fingerprint density at radius 3 is 2.68 bits per heavy atom. The zero-order chi connectivity index (χ0) is 14.0. The van der Waals surface area contributed by atoms with Crippen molar-refractivity contribution in [1.82, 2.24) is 0 Å². The first kappa shape index (κ1) is 13.6. The predicted octanol–water partition coefficient (Wildman–Crippen LogP) is 2.52. The molecule has 19 heavy (non-hydrogen) atoms. The van der Waals surface area contributed by atoms with E-state index in [2.05, 4.69) is 0 Å². The zero-order valence-corrected chi connectivity index (χ0v) is 11.4. The van der Waals surface area contributed by atoms with Gasteiger partial charge in [-0.2, -0.15) is 0 Å². The summed E-state index contributed by atoms with van der Waals surface area (Å²) < 4.78 is 10.3. The van der Waals surface area contributed by atoms with Gasteiger partial charge < -0.3 is 9.47 Å². The predicted molar refractivity (Wildman–Crippen MR) is 69.8 cm³/mol. The van der Waals surface area contributed by atoms with Gasteiger partial charge >= 0.3 is 11.9 Å². The first-order valence-electron chi connectivity index (χ1n) is 6.53. The Hall–Kier alpha value is -1.84. The normalized spacial score (nSPS) is 21.8. The number of para-hydroxylation sites is 1. The Labute approximate surface area is 112 Å². The SMILES string of the molecule is CCOC(=O)C1C(=O)Oc2ccccc2C1C(C)C. The monoisotopic (exact) mass is 262 g/mol. The van der Waals surface area contributed by atoms with Gasteiger partial charge in [0.2, 0.25) is 0 Å². The summed E-state index contributed by atoms with van der Waals surface area (Å²) >= 11 is 0.